The molecular formula is C19H18F7N3O4S2. The van der Waals surface area contributed by atoms with Crippen LogP contribution in [-0.2, 0) is 26.6 Å². The largest absolute Gasteiger partial charge is 0.431 e. The summed E-state index contributed by atoms with van der Waals surface area (Å²) in [7, 11) is -4.46. The second-order valence-corrected chi connectivity index (χ2v) is 11.0. The second-order valence-electron chi connectivity index (χ2n) is 7.76. The predicted octanol–water partition coefficient (Wildman–Crippen LogP) is 3.04. The number of rotatable bonds is 5. The van der Waals surface area contributed by atoms with Crippen LogP contribution >= 0.6 is 11.3 Å². The highest BCUT2D eigenvalue weighted by Crippen LogP contribution is 2.43. The third kappa shape index (κ3) is 4.83. The van der Waals surface area contributed by atoms with E-state index >= 15 is 0 Å². The number of primary amides is 1. The average Bonchev–Trinajstić information content (AvgIpc) is 3.22. The molecule has 2 aromatic rings. The van der Waals surface area contributed by atoms with Gasteiger partial charge in [0.2, 0.25) is 0 Å². The van der Waals surface area contributed by atoms with Crippen LogP contribution in [-0.4, -0.2) is 55.6 Å². The molecule has 1 aliphatic heterocycles. The SMILES string of the molecule is CC1CN(c2ccc(F)cc2C(F)(F)F)CCN1S(=O)(=O)c1ccc(C(O)(C(N)=O)C(F)(F)F)s1. The summed E-state index contributed by atoms with van der Waals surface area (Å²) >= 11 is -0.00224. The van der Waals surface area contributed by atoms with E-state index in [9.17, 15) is 49.1 Å². The summed E-state index contributed by atoms with van der Waals surface area (Å²) < 4.78 is 120. The van der Waals surface area contributed by atoms with Crippen LogP contribution in [0.5, 0.6) is 0 Å². The Balaban J connectivity index is 1.89. The van der Waals surface area contributed by atoms with E-state index in [-0.39, 0.29) is 36.7 Å². The third-order valence-corrected chi connectivity index (χ3v) is 9.11. The van der Waals surface area contributed by atoms with Crippen molar-refractivity contribution in [1.82, 2.24) is 4.31 Å². The quantitative estimate of drug-likeness (QED) is 0.559. The van der Waals surface area contributed by atoms with Gasteiger partial charge in [-0.3, -0.25) is 4.79 Å². The molecule has 2 unspecified atom stereocenters. The van der Waals surface area contributed by atoms with Crippen molar-refractivity contribution in [3.05, 3.63) is 46.6 Å². The number of nitrogens with two attached hydrogens (primary N) is 1. The first kappa shape index (κ1) is 27.2. The summed E-state index contributed by atoms with van der Waals surface area (Å²) in [5.41, 5.74) is -0.965. The van der Waals surface area contributed by atoms with E-state index in [2.05, 4.69) is 0 Å². The Morgan fingerprint density at radius 1 is 1.11 bits per heavy atom. The second kappa shape index (κ2) is 8.90. The van der Waals surface area contributed by atoms with Crippen LogP contribution < -0.4 is 10.6 Å². The van der Waals surface area contributed by atoms with Gasteiger partial charge in [0.15, 0.2) is 0 Å². The van der Waals surface area contributed by atoms with Gasteiger partial charge in [0, 0.05) is 31.4 Å². The van der Waals surface area contributed by atoms with Gasteiger partial charge in [-0.1, -0.05) is 0 Å². The van der Waals surface area contributed by atoms with Crippen molar-refractivity contribution >= 4 is 33.0 Å². The van der Waals surface area contributed by atoms with Gasteiger partial charge in [0.05, 0.1) is 10.4 Å². The van der Waals surface area contributed by atoms with Crippen LogP contribution in [0.25, 0.3) is 0 Å². The van der Waals surface area contributed by atoms with Crippen molar-refractivity contribution in [2.45, 2.75) is 35.1 Å². The molecular weight excluding hydrogens is 531 g/mol. The number of anilines is 1. The van der Waals surface area contributed by atoms with E-state index in [1.807, 2.05) is 0 Å². The number of alkyl halides is 6. The zero-order valence-corrected chi connectivity index (χ0v) is 19.3. The number of halogens is 7. The maximum atomic E-state index is 13.4. The number of thiophene rings is 1. The number of hydrogen-bond donors (Lipinski definition) is 2. The molecule has 0 spiro atoms. The summed E-state index contributed by atoms with van der Waals surface area (Å²) in [6.45, 7) is 0.569. The van der Waals surface area contributed by atoms with Crippen LogP contribution in [0.1, 0.15) is 17.4 Å². The van der Waals surface area contributed by atoms with Gasteiger partial charge in [-0.2, -0.15) is 30.6 Å². The van der Waals surface area contributed by atoms with Gasteiger partial charge in [-0.05, 0) is 37.3 Å². The number of nitrogens with zero attached hydrogens (tertiary/aromatic N) is 2. The summed E-state index contributed by atoms with van der Waals surface area (Å²) in [6, 6.07) is 2.55. The highest BCUT2D eigenvalue weighted by Gasteiger charge is 2.61. The van der Waals surface area contributed by atoms with Crippen LogP contribution in [0.3, 0.4) is 0 Å². The highest BCUT2D eigenvalue weighted by molar-refractivity contribution is 7.91. The lowest BCUT2D eigenvalue weighted by Crippen LogP contribution is -2.54. The number of benzene rings is 1. The molecule has 194 valence electrons. The summed E-state index contributed by atoms with van der Waals surface area (Å²) in [5, 5.41) is 9.89. The van der Waals surface area contributed by atoms with Crippen molar-refractivity contribution in [3.63, 3.8) is 0 Å². The monoisotopic (exact) mass is 549 g/mol. The normalized spacial score (nSPS) is 20.0. The van der Waals surface area contributed by atoms with Crippen LogP contribution in [0.15, 0.2) is 34.5 Å². The zero-order chi connectivity index (χ0) is 26.6. The summed E-state index contributed by atoms with van der Waals surface area (Å²) in [4.78, 5) is 11.5. The number of hydrogen-bond acceptors (Lipinski definition) is 6. The third-order valence-electron chi connectivity index (χ3n) is 5.44. The standard InChI is InChI=1S/C19H18F7N3O4S2/c1-10-9-28(13-3-2-11(20)8-12(13)18(21,22)23)6-7-29(10)35(32,33)15-5-4-14(34-15)17(31,16(27)30)19(24,25)26/h2-5,8,10,31H,6-7,9H2,1H3,(H2,27,30). The number of aliphatic hydroxyl groups is 1. The molecule has 7 nitrogen and oxygen atoms in total. The first-order valence-electron chi connectivity index (χ1n) is 9.73. The topological polar surface area (TPSA) is 104 Å². The Hall–Kier alpha value is -2.43. The first-order valence-corrected chi connectivity index (χ1v) is 12.0. The molecule has 0 saturated carbocycles. The molecule has 2 atom stereocenters. The molecule has 2 heterocycles. The van der Waals surface area contributed by atoms with Gasteiger partial charge in [-0.15, -0.1) is 11.3 Å². The maximum Gasteiger partial charge on any atom is 0.431 e. The van der Waals surface area contributed by atoms with Crippen molar-refractivity contribution in [2.75, 3.05) is 24.5 Å². The number of carbonyl (C=O) groups excluding carboxylic acids is 1. The lowest BCUT2D eigenvalue weighted by molar-refractivity contribution is -0.254. The molecule has 0 bridgehead atoms. The van der Waals surface area contributed by atoms with Crippen molar-refractivity contribution < 1.29 is 49.1 Å². The van der Waals surface area contributed by atoms with E-state index in [0.717, 1.165) is 22.5 Å². The fraction of sp³-hybridized carbons (Fsp3) is 0.421. The van der Waals surface area contributed by atoms with E-state index < -0.39 is 60.4 Å². The Morgan fingerprint density at radius 3 is 2.26 bits per heavy atom. The molecule has 3 N–H and O–H groups in total. The van der Waals surface area contributed by atoms with Crippen LogP contribution in [0.2, 0.25) is 0 Å². The molecule has 1 saturated heterocycles. The molecule has 1 aliphatic rings. The average molecular weight is 549 g/mol. The lowest BCUT2D eigenvalue weighted by atomic mass is 10.0. The predicted molar refractivity (Wildman–Crippen MR) is 110 cm³/mol. The van der Waals surface area contributed by atoms with Crippen LogP contribution in [0.4, 0.5) is 36.4 Å². The minimum atomic E-state index is -5.52. The van der Waals surface area contributed by atoms with E-state index in [1.54, 1.807) is 0 Å². The number of amides is 1. The molecule has 16 heteroatoms. The van der Waals surface area contributed by atoms with E-state index in [4.69, 9.17) is 5.73 Å². The number of sulfonamides is 1. The fourth-order valence-corrected chi connectivity index (χ4v) is 6.86. The lowest BCUT2D eigenvalue weighted by Gasteiger charge is -2.40. The molecule has 1 fully saturated rings. The van der Waals surface area contributed by atoms with Gasteiger partial charge in [-0.25, -0.2) is 12.8 Å². The molecule has 35 heavy (non-hydrogen) atoms. The molecule has 1 amide bonds. The molecule has 0 radical (unpaired) electrons. The summed E-state index contributed by atoms with van der Waals surface area (Å²) in [5.74, 6) is -3.24. The highest BCUT2D eigenvalue weighted by atomic mass is 32.2. The van der Waals surface area contributed by atoms with Crippen molar-refractivity contribution in [3.8, 4) is 0 Å². The minimum Gasteiger partial charge on any atom is -0.368 e. The molecule has 1 aromatic carbocycles. The van der Waals surface area contributed by atoms with Gasteiger partial charge < -0.3 is 15.7 Å². The van der Waals surface area contributed by atoms with Gasteiger partial charge in [0.1, 0.15) is 10.0 Å². The Kier molecular flexibility index (Phi) is 6.91. The van der Waals surface area contributed by atoms with Crippen molar-refractivity contribution in [1.29, 1.82) is 0 Å². The molecule has 1 aromatic heterocycles. The molecule has 0 aliphatic carbocycles. The van der Waals surface area contributed by atoms with Gasteiger partial charge >= 0.3 is 12.4 Å². The summed E-state index contributed by atoms with van der Waals surface area (Å²) in [6.07, 6.45) is -10.4. The number of carbonyl (C=O) groups is 1. The smallest absolute Gasteiger partial charge is 0.368 e. The Morgan fingerprint density at radius 2 is 1.74 bits per heavy atom. The molecule has 3 rings (SSSR count). The van der Waals surface area contributed by atoms with E-state index in [1.165, 1.54) is 11.8 Å². The maximum absolute atomic E-state index is 13.4. The van der Waals surface area contributed by atoms with Crippen LogP contribution in [0, 0.1) is 5.82 Å². The zero-order valence-electron chi connectivity index (χ0n) is 17.7. The number of piperazine rings is 1. The first-order chi connectivity index (χ1) is 15.9. The minimum absolute atomic E-state index is 0.00224. The Labute approximate surface area is 198 Å². The van der Waals surface area contributed by atoms with Gasteiger partial charge in [0.25, 0.3) is 21.5 Å². The Bertz CT molecular complexity index is 1230. The van der Waals surface area contributed by atoms with E-state index in [0.29, 0.717) is 12.1 Å². The van der Waals surface area contributed by atoms with Crippen molar-refractivity contribution in [2.24, 2.45) is 5.73 Å². The fourth-order valence-electron chi connectivity index (χ4n) is 3.70.